The van der Waals surface area contributed by atoms with Crippen molar-refractivity contribution < 1.29 is 54.6 Å². The molecule has 0 aromatic heterocycles. The molecule has 0 saturated heterocycles. The van der Waals surface area contributed by atoms with Gasteiger partial charge in [0.15, 0.2) is 0 Å². The molecule has 12 heteroatoms. The van der Waals surface area contributed by atoms with Crippen molar-refractivity contribution in [2.75, 3.05) is 0 Å². The molecule has 0 atom stereocenters. The first-order chi connectivity index (χ1) is 4.45. The van der Waals surface area contributed by atoms with Crippen LogP contribution in [0.15, 0.2) is 0 Å². The van der Waals surface area contributed by atoms with Crippen LogP contribution in [-0.2, 0) is 20.0 Å². The van der Waals surface area contributed by atoms with E-state index in [1.807, 2.05) is 0 Å². The standard InChI is InChI=1S/6FH.H3O4P.Ru/c;;;;;;1-5(2,3)4;/h6*1H;(H3,1,2,3,4);/q;;;;;;;+6/p-6. The number of hydrogen-bond acceptors (Lipinski definition) is 1. The van der Waals surface area contributed by atoms with Gasteiger partial charge in [-0.15, -0.1) is 0 Å². The van der Waals surface area contributed by atoms with Gasteiger partial charge >= 0.3 is 43.1 Å². The van der Waals surface area contributed by atoms with E-state index >= 15 is 0 Å². The molecule has 0 radical (unpaired) electrons. The van der Waals surface area contributed by atoms with Crippen LogP contribution in [0.5, 0.6) is 0 Å². The second-order valence-electron chi connectivity index (χ2n) is 1.27. The molecule has 0 aliphatic rings. The van der Waals surface area contributed by atoms with Crippen LogP contribution in [0, 0.1) is 0 Å². The summed E-state index contributed by atoms with van der Waals surface area (Å²) in [5.41, 5.74) is 0. The molecule has 0 fully saturated rings. The quantitative estimate of drug-likeness (QED) is 0.360. The molecule has 0 unspecified atom stereocenters. The van der Waals surface area contributed by atoms with E-state index < -0.39 is 23.2 Å². The Morgan fingerprint density at radius 2 is 0.833 bits per heavy atom. The Labute approximate surface area is 63.2 Å². The predicted molar refractivity (Wildman–Crippen MR) is 20.9 cm³/mol. The van der Waals surface area contributed by atoms with E-state index in [1.165, 1.54) is 0 Å². The summed E-state index contributed by atoms with van der Waals surface area (Å²) in [6, 6.07) is 0. The molecule has 0 aromatic rings. The summed E-state index contributed by atoms with van der Waals surface area (Å²) in [7, 11) is -4.64. The zero-order valence-corrected chi connectivity index (χ0v) is 7.45. The fourth-order valence-corrected chi connectivity index (χ4v) is 0. The van der Waals surface area contributed by atoms with Gasteiger partial charge in [0, 0.05) is 0 Å². The molecule has 3 N–H and O–H groups in total. The summed E-state index contributed by atoms with van der Waals surface area (Å²) < 4.78 is 68.3. The Morgan fingerprint density at radius 3 is 0.833 bits per heavy atom. The van der Waals surface area contributed by atoms with E-state index in [4.69, 9.17) is 19.2 Å². The molecular formula is H3F6O4PRu. The maximum atomic E-state index is 9.90. The number of rotatable bonds is 0. The zero-order chi connectivity index (χ0) is 10.9. The molecule has 0 bridgehead atoms. The van der Waals surface area contributed by atoms with E-state index in [-0.39, 0.29) is 0 Å². The predicted octanol–water partition coefficient (Wildman–Crippen LogP) is 1.59. The molecule has 0 aliphatic heterocycles. The fraction of sp³-hybridized carbons (Fsp3) is 0. The van der Waals surface area contributed by atoms with Crippen molar-refractivity contribution >= 4 is 7.82 Å². The molecule has 82 valence electrons. The fourth-order valence-electron chi connectivity index (χ4n) is 0. The minimum atomic E-state index is -11.0. The molecule has 0 heterocycles. The molecule has 0 amide bonds. The van der Waals surface area contributed by atoms with Crippen molar-refractivity contribution in [3.63, 3.8) is 0 Å². The first-order valence-electron chi connectivity index (χ1n) is 1.58. The Balaban J connectivity index is 0. The average Bonchev–Trinajstić information content (AvgIpc) is 1.04. The molecule has 0 aromatic carbocycles. The summed E-state index contributed by atoms with van der Waals surface area (Å²) in [5, 5.41) is 0. The van der Waals surface area contributed by atoms with Gasteiger partial charge in [0.2, 0.25) is 0 Å². The Hall–Kier alpha value is 0.313. The van der Waals surface area contributed by atoms with Gasteiger partial charge < -0.3 is 14.7 Å². The van der Waals surface area contributed by atoms with Crippen molar-refractivity contribution in [1.82, 2.24) is 0 Å². The Kier molecular flexibility index (Phi) is 3.27. The topological polar surface area (TPSA) is 77.8 Å². The molecular weight excluding hydrogens is 310 g/mol. The van der Waals surface area contributed by atoms with E-state index in [0.717, 1.165) is 0 Å². The summed E-state index contributed by atoms with van der Waals surface area (Å²) >= 11 is -11.0. The van der Waals surface area contributed by atoms with Gasteiger partial charge in [-0.3, -0.25) is 0 Å². The van der Waals surface area contributed by atoms with Gasteiger partial charge in [-0.1, -0.05) is 0 Å². The summed E-state index contributed by atoms with van der Waals surface area (Å²) in [4.78, 5) is 21.6. The Morgan fingerprint density at radius 1 is 0.833 bits per heavy atom. The van der Waals surface area contributed by atoms with Crippen LogP contribution in [0.1, 0.15) is 0 Å². The maximum absolute atomic E-state index is 11.0. The van der Waals surface area contributed by atoms with Crippen molar-refractivity contribution in [3.05, 3.63) is 0 Å². The SMILES string of the molecule is O=P(O)(O)O.[F][Ru]([F])([F])([F])([F])[F]. The third-order valence-electron chi connectivity index (χ3n) is 0. The van der Waals surface area contributed by atoms with Crippen LogP contribution in [-0.4, -0.2) is 14.7 Å². The summed E-state index contributed by atoms with van der Waals surface area (Å²) in [6.07, 6.45) is 0. The van der Waals surface area contributed by atoms with E-state index in [9.17, 15) is 19.9 Å². The molecule has 0 rings (SSSR count). The number of halogens is 6. The third-order valence-corrected chi connectivity index (χ3v) is 0. The van der Waals surface area contributed by atoms with Crippen LogP contribution in [0.4, 0.5) is 19.9 Å². The third kappa shape index (κ3) is 9110. The second-order valence-corrected chi connectivity index (χ2v) is 6.02. The first-order valence-corrected chi connectivity index (χ1v) is 7.09. The Bertz CT molecular complexity index is 173. The van der Waals surface area contributed by atoms with Crippen molar-refractivity contribution in [1.29, 1.82) is 0 Å². The van der Waals surface area contributed by atoms with Crippen molar-refractivity contribution in [3.8, 4) is 0 Å². The van der Waals surface area contributed by atoms with E-state index in [0.29, 0.717) is 0 Å². The van der Waals surface area contributed by atoms with Crippen LogP contribution in [0.2, 0.25) is 0 Å². The van der Waals surface area contributed by atoms with Crippen LogP contribution in [0.3, 0.4) is 0 Å². The monoisotopic (exact) mass is 314 g/mol. The van der Waals surface area contributed by atoms with Gasteiger partial charge in [-0.2, -0.15) is 0 Å². The van der Waals surface area contributed by atoms with Gasteiger partial charge in [0.1, 0.15) is 0 Å². The van der Waals surface area contributed by atoms with Crippen molar-refractivity contribution in [2.45, 2.75) is 0 Å². The molecule has 0 spiro atoms. The molecule has 12 heavy (non-hydrogen) atoms. The minimum absolute atomic E-state index is 4.64. The average molecular weight is 313 g/mol. The van der Waals surface area contributed by atoms with Gasteiger partial charge in [0.05, 0.1) is 0 Å². The number of phosphoric acid groups is 1. The summed E-state index contributed by atoms with van der Waals surface area (Å²) in [5.74, 6) is 0. The van der Waals surface area contributed by atoms with Gasteiger partial charge in [-0.05, 0) is 0 Å². The summed E-state index contributed by atoms with van der Waals surface area (Å²) in [6.45, 7) is 0. The van der Waals surface area contributed by atoms with Gasteiger partial charge in [0.25, 0.3) is 0 Å². The zero-order valence-electron chi connectivity index (χ0n) is 4.82. The van der Waals surface area contributed by atoms with Crippen LogP contribution >= 0.6 is 7.82 Å². The van der Waals surface area contributed by atoms with E-state index in [1.54, 1.807) is 0 Å². The normalized spacial score (nSPS) is 18.4. The first kappa shape index (κ1) is 14.8. The molecule has 0 saturated carbocycles. The van der Waals surface area contributed by atoms with Crippen molar-refractivity contribution in [2.24, 2.45) is 0 Å². The van der Waals surface area contributed by atoms with Crippen LogP contribution in [0.25, 0.3) is 0 Å². The number of hydrogen-bond donors (Lipinski definition) is 3. The van der Waals surface area contributed by atoms with Crippen LogP contribution < -0.4 is 0 Å². The van der Waals surface area contributed by atoms with Gasteiger partial charge in [-0.25, -0.2) is 4.57 Å². The van der Waals surface area contributed by atoms with E-state index in [2.05, 4.69) is 0 Å². The second kappa shape index (κ2) is 2.65. The molecule has 4 nitrogen and oxygen atoms in total. The molecule has 0 aliphatic carbocycles.